The number of hydrogen-bond acceptors (Lipinski definition) is 0. The molecule has 0 spiro atoms. The van der Waals surface area contributed by atoms with Crippen molar-refractivity contribution in [1.29, 1.82) is 0 Å². The Balaban J connectivity index is 1.35. The summed E-state index contributed by atoms with van der Waals surface area (Å²) in [4.78, 5) is 0. The number of fused-ring (bicyclic) bond motifs is 1. The highest BCUT2D eigenvalue weighted by Crippen LogP contribution is 2.28. The van der Waals surface area contributed by atoms with Crippen molar-refractivity contribution in [1.82, 2.24) is 0 Å². The monoisotopic (exact) mass is 456 g/mol. The van der Waals surface area contributed by atoms with Crippen molar-refractivity contribution in [3.63, 3.8) is 0 Å². The molecular formula is C33H32Si. The average Bonchev–Trinajstić information content (AvgIpc) is 2.85. The minimum atomic E-state index is -1.26. The highest BCUT2D eigenvalue weighted by atomic mass is 28.3. The Bertz CT molecular complexity index is 1430. The number of hydrogen-bond donors (Lipinski definition) is 0. The molecule has 0 heterocycles. The Hall–Kier alpha value is -3.42. The molecule has 0 bridgehead atoms. The van der Waals surface area contributed by atoms with E-state index in [0.29, 0.717) is 0 Å². The van der Waals surface area contributed by atoms with Crippen LogP contribution in [-0.2, 0) is 0 Å². The van der Waals surface area contributed by atoms with Crippen LogP contribution in [0.3, 0.4) is 0 Å². The molecule has 0 nitrogen and oxygen atoms in total. The predicted molar refractivity (Wildman–Crippen MR) is 152 cm³/mol. The smallest absolute Gasteiger partial charge is 0.0763 e. The van der Waals surface area contributed by atoms with E-state index in [1.807, 2.05) is 0 Å². The van der Waals surface area contributed by atoms with E-state index in [0.717, 1.165) is 12.8 Å². The maximum atomic E-state index is 2.39. The molecule has 1 heteroatoms. The third kappa shape index (κ3) is 4.90. The summed E-state index contributed by atoms with van der Waals surface area (Å²) in [5.41, 5.74) is 7.79. The first-order valence-electron chi connectivity index (χ1n) is 12.3. The number of allylic oxidation sites excluding steroid dienone is 2. The van der Waals surface area contributed by atoms with Gasteiger partial charge in [0.15, 0.2) is 0 Å². The van der Waals surface area contributed by atoms with Gasteiger partial charge in [-0.05, 0) is 56.7 Å². The van der Waals surface area contributed by atoms with Crippen LogP contribution < -0.4 is 15.6 Å². The first-order valence-corrected chi connectivity index (χ1v) is 15.8. The van der Waals surface area contributed by atoms with Gasteiger partial charge in [0.25, 0.3) is 0 Å². The standard InChI is InChI=1S/C33H32Si/c1-34(2,3)33-23-21-32(22-24-33)31-19-17-30(18-20-31)29-15-13-28(14-16-29)27-10-6-9-25-7-4-5-8-26(25)11-12-27/h4-5,7-9,11-24H,6,10H2,1-3H3/b25-9-,26-11-,27-12+. The zero-order chi connectivity index (χ0) is 23.5. The van der Waals surface area contributed by atoms with Crippen LogP contribution in [0.5, 0.6) is 0 Å². The van der Waals surface area contributed by atoms with Crippen LogP contribution in [0.25, 0.3) is 40.0 Å². The van der Waals surface area contributed by atoms with Crippen LogP contribution in [0.4, 0.5) is 0 Å². The molecule has 4 aromatic carbocycles. The fraction of sp³-hybridized carbons (Fsp3) is 0.152. The van der Waals surface area contributed by atoms with Gasteiger partial charge < -0.3 is 0 Å². The maximum absolute atomic E-state index is 2.39. The molecule has 0 N–H and O–H groups in total. The molecule has 0 fully saturated rings. The van der Waals surface area contributed by atoms with Gasteiger partial charge in [0, 0.05) is 0 Å². The van der Waals surface area contributed by atoms with E-state index in [1.165, 1.54) is 49.0 Å². The molecule has 0 amide bonds. The van der Waals surface area contributed by atoms with Crippen molar-refractivity contribution in [2.24, 2.45) is 0 Å². The first-order chi connectivity index (χ1) is 16.5. The van der Waals surface area contributed by atoms with Gasteiger partial charge in [0.05, 0.1) is 8.07 Å². The lowest BCUT2D eigenvalue weighted by atomic mass is 9.95. The minimum Gasteiger partial charge on any atom is -0.0763 e. The lowest BCUT2D eigenvalue weighted by molar-refractivity contribution is 1.11. The molecule has 0 aliphatic heterocycles. The summed E-state index contributed by atoms with van der Waals surface area (Å²) in [5.74, 6) is 0. The highest BCUT2D eigenvalue weighted by molar-refractivity contribution is 6.88. The second-order valence-corrected chi connectivity index (χ2v) is 15.3. The largest absolute Gasteiger partial charge is 0.0775 e. The van der Waals surface area contributed by atoms with Gasteiger partial charge in [-0.3, -0.25) is 0 Å². The van der Waals surface area contributed by atoms with Crippen LogP contribution in [-0.4, -0.2) is 8.07 Å². The van der Waals surface area contributed by atoms with Crippen LogP contribution in [0.15, 0.2) is 103 Å². The molecule has 34 heavy (non-hydrogen) atoms. The number of rotatable bonds is 4. The van der Waals surface area contributed by atoms with Crippen LogP contribution in [0, 0.1) is 0 Å². The zero-order valence-electron chi connectivity index (χ0n) is 20.4. The molecule has 0 radical (unpaired) electrons. The topological polar surface area (TPSA) is 0 Å². The lowest BCUT2D eigenvalue weighted by Crippen LogP contribution is -2.37. The highest BCUT2D eigenvalue weighted by Gasteiger charge is 2.15. The van der Waals surface area contributed by atoms with Crippen molar-refractivity contribution in [2.75, 3.05) is 0 Å². The average molecular weight is 457 g/mol. The van der Waals surface area contributed by atoms with Gasteiger partial charge in [-0.2, -0.15) is 0 Å². The molecule has 0 unspecified atom stereocenters. The summed E-state index contributed by atoms with van der Waals surface area (Å²) in [6.45, 7) is 7.18. The first kappa shape index (κ1) is 22.4. The second kappa shape index (κ2) is 9.44. The van der Waals surface area contributed by atoms with Crippen molar-refractivity contribution in [3.8, 4) is 22.3 Å². The van der Waals surface area contributed by atoms with E-state index in [4.69, 9.17) is 0 Å². The van der Waals surface area contributed by atoms with Crippen LogP contribution in [0.1, 0.15) is 18.4 Å². The quantitative estimate of drug-likeness (QED) is 0.290. The van der Waals surface area contributed by atoms with E-state index < -0.39 is 8.07 Å². The molecule has 0 saturated heterocycles. The van der Waals surface area contributed by atoms with Crippen molar-refractivity contribution in [2.45, 2.75) is 32.5 Å². The van der Waals surface area contributed by atoms with Crippen molar-refractivity contribution < 1.29 is 0 Å². The fourth-order valence-corrected chi connectivity index (χ4v) is 5.81. The Labute approximate surface area is 204 Å². The van der Waals surface area contributed by atoms with Crippen molar-refractivity contribution in [3.05, 3.63) is 119 Å². The van der Waals surface area contributed by atoms with E-state index in [2.05, 4.69) is 135 Å². The Morgan fingerprint density at radius 2 is 0.971 bits per heavy atom. The summed E-state index contributed by atoms with van der Waals surface area (Å²) >= 11 is 0. The molecule has 0 saturated carbocycles. The maximum Gasteiger partial charge on any atom is 0.0775 e. The molecule has 1 aliphatic carbocycles. The second-order valence-electron chi connectivity index (χ2n) is 10.2. The molecule has 1 aliphatic rings. The summed E-state index contributed by atoms with van der Waals surface area (Å²) in [5, 5.41) is 4.14. The Morgan fingerprint density at radius 3 is 1.50 bits per heavy atom. The molecule has 168 valence electrons. The van der Waals surface area contributed by atoms with Gasteiger partial charge in [0.2, 0.25) is 0 Å². The summed E-state index contributed by atoms with van der Waals surface area (Å²) in [6, 6.07) is 35.8. The minimum absolute atomic E-state index is 1.06. The van der Waals surface area contributed by atoms with E-state index in [1.54, 1.807) is 0 Å². The van der Waals surface area contributed by atoms with Gasteiger partial charge in [-0.15, -0.1) is 0 Å². The Kier molecular flexibility index (Phi) is 6.21. The predicted octanol–water partition coefficient (Wildman–Crippen LogP) is 7.00. The van der Waals surface area contributed by atoms with E-state index in [-0.39, 0.29) is 0 Å². The van der Waals surface area contributed by atoms with Gasteiger partial charge in [0.1, 0.15) is 0 Å². The zero-order valence-corrected chi connectivity index (χ0v) is 21.4. The third-order valence-corrected chi connectivity index (χ3v) is 8.86. The molecule has 0 atom stereocenters. The van der Waals surface area contributed by atoms with E-state index >= 15 is 0 Å². The molecule has 0 aromatic heterocycles. The summed E-state index contributed by atoms with van der Waals surface area (Å²) < 4.78 is 0. The Morgan fingerprint density at radius 1 is 0.500 bits per heavy atom. The van der Waals surface area contributed by atoms with Crippen LogP contribution >= 0.6 is 0 Å². The van der Waals surface area contributed by atoms with Crippen LogP contribution in [0.2, 0.25) is 19.6 Å². The molecular weight excluding hydrogens is 424 g/mol. The fourth-order valence-electron chi connectivity index (χ4n) is 4.64. The molecule has 5 rings (SSSR count). The van der Waals surface area contributed by atoms with Gasteiger partial charge in [-0.1, -0.05) is 140 Å². The van der Waals surface area contributed by atoms with Gasteiger partial charge in [-0.25, -0.2) is 0 Å². The summed E-state index contributed by atoms with van der Waals surface area (Å²) in [6.07, 6.45) is 9.04. The van der Waals surface area contributed by atoms with E-state index in [9.17, 15) is 0 Å². The lowest BCUT2D eigenvalue weighted by Gasteiger charge is -2.16. The normalized spacial score (nSPS) is 17.1. The third-order valence-electron chi connectivity index (χ3n) is 6.80. The van der Waals surface area contributed by atoms with Gasteiger partial charge >= 0.3 is 0 Å². The van der Waals surface area contributed by atoms with Crippen molar-refractivity contribution >= 4 is 31.0 Å². The SMILES string of the molecule is C[Si](C)(C)c1ccc(-c2ccc(-c3ccc(/C4=C/C=c5/cccc/c5=C/CC4)cc3)cc2)cc1. The summed E-state index contributed by atoms with van der Waals surface area (Å²) in [7, 11) is -1.26. The molecule has 4 aromatic rings. The number of benzene rings is 4.